The molecule has 0 spiro atoms. The molecule has 1 amide bonds. The number of hydrogen-bond donors (Lipinski definition) is 2. The lowest BCUT2D eigenvalue weighted by molar-refractivity contribution is -0.0500. The first kappa shape index (κ1) is 18.9. The summed E-state index contributed by atoms with van der Waals surface area (Å²) in [5, 5.41) is 12.5. The fraction of sp³-hybridized carbons (Fsp3) is 0.0714. The number of rotatable bonds is 4. The fourth-order valence-corrected chi connectivity index (χ4v) is 2.34. The van der Waals surface area contributed by atoms with E-state index < -0.39 is 33.0 Å². The van der Waals surface area contributed by atoms with Crippen molar-refractivity contribution in [2.24, 2.45) is 0 Å². The highest BCUT2D eigenvalue weighted by molar-refractivity contribution is 7.88. The van der Waals surface area contributed by atoms with Gasteiger partial charge in [-0.25, -0.2) is 0 Å². The molecule has 2 aromatic rings. The third kappa shape index (κ3) is 4.54. The Labute approximate surface area is 144 Å². The maximum absolute atomic E-state index is 12.3. The lowest BCUT2D eigenvalue weighted by Gasteiger charge is -2.11. The van der Waals surface area contributed by atoms with Gasteiger partial charge in [-0.2, -0.15) is 21.6 Å². The van der Waals surface area contributed by atoms with E-state index in [1.165, 1.54) is 12.1 Å². The van der Waals surface area contributed by atoms with Gasteiger partial charge in [-0.05, 0) is 30.3 Å². The molecule has 134 valence electrons. The SMILES string of the molecule is O=C(Nc1cccc(Cl)c1)c1ccc(OS(=O)(=O)C(F)(F)F)cc1O. The number of amides is 1. The normalized spacial score (nSPS) is 11.8. The Kier molecular flexibility index (Phi) is 5.14. The number of carbonyl (C=O) groups excluding carboxylic acids is 1. The molecule has 0 heterocycles. The largest absolute Gasteiger partial charge is 0.534 e. The molecule has 0 fully saturated rings. The molecule has 0 aliphatic rings. The van der Waals surface area contributed by atoms with E-state index in [4.69, 9.17) is 11.6 Å². The van der Waals surface area contributed by atoms with Gasteiger partial charge in [0.25, 0.3) is 5.91 Å². The van der Waals surface area contributed by atoms with Gasteiger partial charge in [0.2, 0.25) is 0 Å². The molecular formula is C14H9ClF3NO5S. The predicted molar refractivity (Wildman–Crippen MR) is 83.1 cm³/mol. The second-order valence-electron chi connectivity index (χ2n) is 4.63. The molecule has 0 saturated carbocycles. The average Bonchev–Trinajstić information content (AvgIpc) is 2.45. The van der Waals surface area contributed by atoms with Crippen LogP contribution >= 0.6 is 11.6 Å². The summed E-state index contributed by atoms with van der Waals surface area (Å²) < 4.78 is 62.4. The Balaban J connectivity index is 2.20. The molecule has 2 rings (SSSR count). The maximum Gasteiger partial charge on any atom is 0.534 e. The second kappa shape index (κ2) is 6.81. The van der Waals surface area contributed by atoms with Gasteiger partial charge in [0.15, 0.2) is 0 Å². The van der Waals surface area contributed by atoms with Crippen molar-refractivity contribution in [2.45, 2.75) is 5.51 Å². The summed E-state index contributed by atoms with van der Waals surface area (Å²) >= 11 is 5.76. The van der Waals surface area contributed by atoms with Crippen LogP contribution in [-0.2, 0) is 10.1 Å². The molecule has 0 bridgehead atoms. The summed E-state index contributed by atoms with van der Waals surface area (Å²) in [5.41, 5.74) is -5.61. The minimum absolute atomic E-state index is 0.309. The fourth-order valence-electron chi connectivity index (χ4n) is 1.69. The summed E-state index contributed by atoms with van der Waals surface area (Å²) in [6.07, 6.45) is 0. The zero-order valence-electron chi connectivity index (χ0n) is 12.0. The van der Waals surface area contributed by atoms with Crippen LogP contribution < -0.4 is 9.50 Å². The highest BCUT2D eigenvalue weighted by atomic mass is 35.5. The van der Waals surface area contributed by atoms with Gasteiger partial charge in [-0.3, -0.25) is 4.79 Å². The van der Waals surface area contributed by atoms with Crippen LogP contribution in [0.3, 0.4) is 0 Å². The smallest absolute Gasteiger partial charge is 0.507 e. The van der Waals surface area contributed by atoms with Crippen molar-refractivity contribution in [2.75, 3.05) is 5.32 Å². The van der Waals surface area contributed by atoms with Crippen LogP contribution in [-0.4, -0.2) is 24.9 Å². The van der Waals surface area contributed by atoms with Gasteiger partial charge < -0.3 is 14.6 Å². The van der Waals surface area contributed by atoms with Crippen molar-refractivity contribution < 1.29 is 35.7 Å². The molecule has 0 atom stereocenters. The van der Waals surface area contributed by atoms with Crippen molar-refractivity contribution in [3.63, 3.8) is 0 Å². The van der Waals surface area contributed by atoms with Crippen molar-refractivity contribution in [1.29, 1.82) is 0 Å². The van der Waals surface area contributed by atoms with Gasteiger partial charge in [-0.15, -0.1) is 0 Å². The van der Waals surface area contributed by atoms with Gasteiger partial charge in [-0.1, -0.05) is 17.7 Å². The molecule has 11 heteroatoms. The number of hydrogen-bond acceptors (Lipinski definition) is 5. The molecule has 0 radical (unpaired) electrons. The number of alkyl halides is 3. The van der Waals surface area contributed by atoms with E-state index in [2.05, 4.69) is 9.50 Å². The minimum atomic E-state index is -5.88. The summed E-state index contributed by atoms with van der Waals surface area (Å²) in [5.74, 6) is -2.35. The van der Waals surface area contributed by atoms with Crippen molar-refractivity contribution in [3.05, 3.63) is 53.1 Å². The summed E-state index contributed by atoms with van der Waals surface area (Å²) in [7, 11) is -5.88. The molecular weight excluding hydrogens is 387 g/mol. The van der Waals surface area contributed by atoms with Crippen LogP contribution in [0.15, 0.2) is 42.5 Å². The van der Waals surface area contributed by atoms with Crippen LogP contribution in [0.1, 0.15) is 10.4 Å². The minimum Gasteiger partial charge on any atom is -0.507 e. The molecule has 0 aromatic heterocycles. The number of carbonyl (C=O) groups is 1. The molecule has 6 nitrogen and oxygen atoms in total. The third-order valence-corrected chi connectivity index (χ3v) is 4.00. The number of aromatic hydroxyl groups is 1. The molecule has 0 aliphatic carbocycles. The Morgan fingerprint density at radius 3 is 2.40 bits per heavy atom. The van der Waals surface area contributed by atoms with Crippen LogP contribution in [0, 0.1) is 0 Å². The first-order valence-corrected chi connectivity index (χ1v) is 8.19. The summed E-state index contributed by atoms with van der Waals surface area (Å²) in [4.78, 5) is 12.0. The monoisotopic (exact) mass is 395 g/mol. The number of phenols is 1. The van der Waals surface area contributed by atoms with Crippen molar-refractivity contribution >= 4 is 33.3 Å². The quantitative estimate of drug-likeness (QED) is 0.610. The Morgan fingerprint density at radius 1 is 1.16 bits per heavy atom. The van der Waals surface area contributed by atoms with E-state index in [-0.39, 0.29) is 5.56 Å². The van der Waals surface area contributed by atoms with Crippen molar-refractivity contribution in [3.8, 4) is 11.5 Å². The Hall–Kier alpha value is -2.46. The molecule has 2 aromatic carbocycles. The lowest BCUT2D eigenvalue weighted by Crippen LogP contribution is -2.28. The first-order chi connectivity index (χ1) is 11.5. The van der Waals surface area contributed by atoms with Gasteiger partial charge in [0.1, 0.15) is 11.5 Å². The number of benzene rings is 2. The van der Waals surface area contributed by atoms with Gasteiger partial charge in [0, 0.05) is 16.8 Å². The number of phenolic OH excluding ortho intramolecular Hbond substituents is 1. The third-order valence-electron chi connectivity index (χ3n) is 2.79. The Bertz CT molecular complexity index is 915. The van der Waals surface area contributed by atoms with E-state index in [1.54, 1.807) is 12.1 Å². The van der Waals surface area contributed by atoms with Crippen LogP contribution in [0.4, 0.5) is 18.9 Å². The summed E-state index contributed by atoms with van der Waals surface area (Å²) in [6, 6.07) is 8.39. The van der Waals surface area contributed by atoms with Crippen LogP contribution in [0.2, 0.25) is 5.02 Å². The maximum atomic E-state index is 12.3. The Morgan fingerprint density at radius 2 is 1.84 bits per heavy atom. The van der Waals surface area contributed by atoms with Gasteiger partial charge >= 0.3 is 15.6 Å². The number of halogens is 4. The van der Waals surface area contributed by atoms with E-state index in [9.17, 15) is 31.5 Å². The highest BCUT2D eigenvalue weighted by Crippen LogP contribution is 2.30. The van der Waals surface area contributed by atoms with Gasteiger partial charge in [0.05, 0.1) is 5.56 Å². The number of anilines is 1. The van der Waals surface area contributed by atoms with Crippen molar-refractivity contribution in [1.82, 2.24) is 0 Å². The zero-order chi connectivity index (χ0) is 18.8. The molecule has 25 heavy (non-hydrogen) atoms. The second-order valence-corrected chi connectivity index (χ2v) is 6.60. The molecule has 0 unspecified atom stereocenters. The topological polar surface area (TPSA) is 92.7 Å². The lowest BCUT2D eigenvalue weighted by atomic mass is 10.1. The first-order valence-electron chi connectivity index (χ1n) is 6.40. The predicted octanol–water partition coefficient (Wildman–Crippen LogP) is 3.53. The molecule has 0 aliphatic heterocycles. The van der Waals surface area contributed by atoms with E-state index >= 15 is 0 Å². The molecule has 2 N–H and O–H groups in total. The molecule has 0 saturated heterocycles. The zero-order valence-corrected chi connectivity index (χ0v) is 13.6. The van der Waals surface area contributed by atoms with E-state index in [0.29, 0.717) is 16.8 Å². The van der Waals surface area contributed by atoms with Crippen LogP contribution in [0.5, 0.6) is 11.5 Å². The summed E-state index contributed by atoms with van der Waals surface area (Å²) in [6.45, 7) is 0. The van der Waals surface area contributed by atoms with Crippen LogP contribution in [0.25, 0.3) is 0 Å². The van der Waals surface area contributed by atoms with E-state index in [1.807, 2.05) is 0 Å². The standard InChI is InChI=1S/C14H9ClF3NO5S/c15-8-2-1-3-9(6-8)19-13(21)11-5-4-10(7-12(11)20)24-25(22,23)14(16,17)18/h1-7,20H,(H,19,21). The number of nitrogens with one attached hydrogen (secondary N) is 1. The average molecular weight is 396 g/mol. The highest BCUT2D eigenvalue weighted by Gasteiger charge is 2.48. The van der Waals surface area contributed by atoms with E-state index in [0.717, 1.165) is 12.1 Å².